The van der Waals surface area contributed by atoms with Crippen LogP contribution in [0.3, 0.4) is 0 Å². The summed E-state index contributed by atoms with van der Waals surface area (Å²) in [4.78, 5) is 35.7. The molecule has 0 aromatic heterocycles. The van der Waals surface area contributed by atoms with Crippen LogP contribution >= 0.6 is 0 Å². The van der Waals surface area contributed by atoms with E-state index in [1.54, 1.807) is 55.6 Å². The van der Waals surface area contributed by atoms with Crippen molar-refractivity contribution in [2.24, 2.45) is 0 Å². The summed E-state index contributed by atoms with van der Waals surface area (Å²) in [7, 11) is 1.58. The van der Waals surface area contributed by atoms with Crippen LogP contribution in [0.4, 0.5) is 17.1 Å². The maximum Gasteiger partial charge on any atom is 0.251 e. The lowest BCUT2D eigenvalue weighted by Gasteiger charge is -2.10. The van der Waals surface area contributed by atoms with Gasteiger partial charge >= 0.3 is 0 Å². The molecule has 0 fully saturated rings. The molecule has 3 amide bonds. The Hall–Kier alpha value is -3.35. The number of hydrogen-bond acceptors (Lipinski definition) is 4. The van der Waals surface area contributed by atoms with Crippen LogP contribution in [0.5, 0.6) is 0 Å². The van der Waals surface area contributed by atoms with Crippen LogP contribution in [0, 0.1) is 0 Å². The molecule has 0 heterocycles. The molecule has 2 aromatic rings. The van der Waals surface area contributed by atoms with E-state index >= 15 is 0 Å². The van der Waals surface area contributed by atoms with Crippen molar-refractivity contribution >= 4 is 34.8 Å². The summed E-state index contributed by atoms with van der Waals surface area (Å²) in [6.07, 6.45) is 3.47. The monoisotopic (exact) mass is 396 g/mol. The van der Waals surface area contributed by atoms with Gasteiger partial charge in [-0.05, 0) is 48.9 Å². The molecule has 0 unspecified atom stereocenters. The van der Waals surface area contributed by atoms with Gasteiger partial charge < -0.3 is 21.3 Å². The van der Waals surface area contributed by atoms with Gasteiger partial charge in [0.2, 0.25) is 11.8 Å². The van der Waals surface area contributed by atoms with Crippen molar-refractivity contribution in [3.63, 3.8) is 0 Å². The van der Waals surface area contributed by atoms with Gasteiger partial charge in [-0.15, -0.1) is 0 Å². The fourth-order valence-electron chi connectivity index (χ4n) is 2.71. The summed E-state index contributed by atoms with van der Waals surface area (Å²) in [5.41, 5.74) is 2.55. The molecule has 29 heavy (non-hydrogen) atoms. The number of nitrogens with one attached hydrogen (secondary N) is 4. The Morgan fingerprint density at radius 1 is 0.828 bits per heavy atom. The zero-order valence-corrected chi connectivity index (χ0v) is 16.9. The van der Waals surface area contributed by atoms with Crippen molar-refractivity contribution < 1.29 is 14.4 Å². The molecule has 0 saturated heterocycles. The molecule has 0 radical (unpaired) electrons. The number of carbonyl (C=O) groups is 3. The van der Waals surface area contributed by atoms with E-state index in [9.17, 15) is 14.4 Å². The zero-order valence-electron chi connectivity index (χ0n) is 16.9. The molecule has 0 aliphatic heterocycles. The van der Waals surface area contributed by atoms with E-state index in [0.29, 0.717) is 23.4 Å². The van der Waals surface area contributed by atoms with Crippen molar-refractivity contribution in [1.29, 1.82) is 0 Å². The molecule has 0 aliphatic rings. The third kappa shape index (κ3) is 7.65. The van der Waals surface area contributed by atoms with Crippen LogP contribution in [-0.4, -0.2) is 31.3 Å². The second-order valence-electron chi connectivity index (χ2n) is 6.64. The first kappa shape index (κ1) is 21.9. The van der Waals surface area contributed by atoms with E-state index in [-0.39, 0.29) is 24.3 Å². The van der Waals surface area contributed by atoms with Crippen molar-refractivity contribution in [3.05, 3.63) is 54.1 Å². The first-order valence-corrected chi connectivity index (χ1v) is 9.77. The molecule has 154 valence electrons. The lowest BCUT2D eigenvalue weighted by Crippen LogP contribution is -2.22. The number of unbranched alkanes of at least 4 members (excludes halogenated alkanes) is 2. The molecule has 7 heteroatoms. The summed E-state index contributed by atoms with van der Waals surface area (Å²) >= 11 is 0. The summed E-state index contributed by atoms with van der Waals surface area (Å²) in [6.45, 7) is 2.17. The Morgan fingerprint density at radius 3 is 2.10 bits per heavy atom. The van der Waals surface area contributed by atoms with Gasteiger partial charge in [-0.2, -0.15) is 0 Å². The highest BCUT2D eigenvalue weighted by atomic mass is 16.2. The maximum absolute atomic E-state index is 12.2. The second kappa shape index (κ2) is 11.5. The van der Waals surface area contributed by atoms with Gasteiger partial charge in [0, 0.05) is 36.1 Å². The Balaban J connectivity index is 1.82. The van der Waals surface area contributed by atoms with Gasteiger partial charge in [0.25, 0.3) is 5.91 Å². The number of rotatable bonds is 10. The average molecular weight is 396 g/mol. The lowest BCUT2D eigenvalue weighted by molar-refractivity contribution is -0.116. The van der Waals surface area contributed by atoms with Gasteiger partial charge in [-0.25, -0.2) is 0 Å². The summed E-state index contributed by atoms with van der Waals surface area (Å²) < 4.78 is 0. The lowest BCUT2D eigenvalue weighted by atomic mass is 10.2. The van der Waals surface area contributed by atoms with Crippen LogP contribution in [0.25, 0.3) is 0 Å². The third-order valence-corrected chi connectivity index (χ3v) is 4.26. The van der Waals surface area contributed by atoms with Gasteiger partial charge in [-0.1, -0.05) is 25.8 Å². The maximum atomic E-state index is 12.2. The molecule has 0 atom stereocenters. The highest BCUT2D eigenvalue weighted by Gasteiger charge is 2.06. The number of benzene rings is 2. The molecule has 0 aliphatic carbocycles. The molecule has 0 saturated carbocycles. The minimum absolute atomic E-state index is 0.0243. The van der Waals surface area contributed by atoms with E-state index in [2.05, 4.69) is 28.2 Å². The molecule has 2 aromatic carbocycles. The van der Waals surface area contributed by atoms with E-state index in [0.717, 1.165) is 24.9 Å². The largest absolute Gasteiger partial charge is 0.376 e. The SMILES string of the molecule is CCCCCC(=O)Nc1cccc(NC(=O)CNc2ccc(C(=O)NC)cc2)c1. The Kier molecular flexibility index (Phi) is 8.69. The number of carbonyl (C=O) groups excluding carboxylic acids is 3. The predicted octanol–water partition coefficient (Wildman–Crippen LogP) is 3.62. The molecule has 0 spiro atoms. The fraction of sp³-hybridized carbons (Fsp3) is 0.318. The third-order valence-electron chi connectivity index (χ3n) is 4.26. The minimum atomic E-state index is -0.216. The van der Waals surface area contributed by atoms with Crippen LogP contribution in [0.1, 0.15) is 43.0 Å². The van der Waals surface area contributed by atoms with Crippen LogP contribution < -0.4 is 21.3 Å². The fourth-order valence-corrected chi connectivity index (χ4v) is 2.71. The standard InChI is InChI=1S/C22H28N4O3/c1-3-4-5-9-20(27)25-18-7-6-8-19(14-18)26-21(28)15-24-17-12-10-16(11-13-17)22(29)23-2/h6-8,10-14,24H,3-5,9,15H2,1-2H3,(H,23,29)(H,25,27)(H,26,28). The second-order valence-corrected chi connectivity index (χ2v) is 6.64. The van der Waals surface area contributed by atoms with E-state index in [4.69, 9.17) is 0 Å². The molecule has 0 bridgehead atoms. The van der Waals surface area contributed by atoms with Crippen molar-refractivity contribution in [3.8, 4) is 0 Å². The van der Waals surface area contributed by atoms with Crippen LogP contribution in [0.2, 0.25) is 0 Å². The van der Waals surface area contributed by atoms with Gasteiger partial charge in [0.15, 0.2) is 0 Å². The Morgan fingerprint density at radius 2 is 1.48 bits per heavy atom. The van der Waals surface area contributed by atoms with Crippen molar-refractivity contribution in [1.82, 2.24) is 5.32 Å². The Labute approximate surface area is 171 Å². The molecule has 4 N–H and O–H groups in total. The minimum Gasteiger partial charge on any atom is -0.376 e. The van der Waals surface area contributed by atoms with Gasteiger partial charge in [-0.3, -0.25) is 14.4 Å². The first-order valence-electron chi connectivity index (χ1n) is 9.77. The number of amides is 3. The topological polar surface area (TPSA) is 99.3 Å². The highest BCUT2D eigenvalue weighted by molar-refractivity contribution is 5.96. The molecule has 7 nitrogen and oxygen atoms in total. The summed E-state index contributed by atoms with van der Waals surface area (Å²) in [5.74, 6) is -0.401. The quantitative estimate of drug-likeness (QED) is 0.461. The van der Waals surface area contributed by atoms with Crippen LogP contribution in [0.15, 0.2) is 48.5 Å². The first-order chi connectivity index (χ1) is 14.0. The van der Waals surface area contributed by atoms with E-state index in [1.807, 2.05) is 0 Å². The van der Waals surface area contributed by atoms with Crippen LogP contribution in [-0.2, 0) is 9.59 Å². The number of anilines is 3. The van der Waals surface area contributed by atoms with Crippen molar-refractivity contribution in [2.45, 2.75) is 32.6 Å². The van der Waals surface area contributed by atoms with E-state index < -0.39 is 0 Å². The zero-order chi connectivity index (χ0) is 21.1. The average Bonchev–Trinajstić information content (AvgIpc) is 2.72. The molecular weight excluding hydrogens is 368 g/mol. The smallest absolute Gasteiger partial charge is 0.251 e. The van der Waals surface area contributed by atoms with Gasteiger partial charge in [0.1, 0.15) is 0 Å². The Bertz CT molecular complexity index is 834. The summed E-state index contributed by atoms with van der Waals surface area (Å²) in [5, 5.41) is 11.2. The van der Waals surface area contributed by atoms with Gasteiger partial charge in [0.05, 0.1) is 6.54 Å². The molecular formula is C22H28N4O3. The summed E-state index contributed by atoms with van der Waals surface area (Å²) in [6, 6.07) is 13.9. The highest BCUT2D eigenvalue weighted by Crippen LogP contribution is 2.16. The van der Waals surface area contributed by atoms with E-state index in [1.165, 1.54) is 0 Å². The number of hydrogen-bond donors (Lipinski definition) is 4. The molecule has 2 rings (SSSR count). The van der Waals surface area contributed by atoms with Crippen molar-refractivity contribution in [2.75, 3.05) is 29.5 Å². The predicted molar refractivity (Wildman–Crippen MR) is 116 cm³/mol. The normalized spacial score (nSPS) is 10.1.